The summed E-state index contributed by atoms with van der Waals surface area (Å²) in [4.78, 5) is 33.9. The highest BCUT2D eigenvalue weighted by atomic mass is 35.5. The van der Waals surface area contributed by atoms with Crippen LogP contribution in [0.3, 0.4) is 0 Å². The molecule has 3 aromatic heterocycles. The van der Waals surface area contributed by atoms with Crippen molar-refractivity contribution in [2.45, 2.75) is 32.6 Å². The lowest BCUT2D eigenvalue weighted by molar-refractivity contribution is -0.136. The fourth-order valence-electron chi connectivity index (χ4n) is 3.54. The molecule has 11 nitrogen and oxygen atoms in total. The monoisotopic (exact) mass is 551 g/mol. The summed E-state index contributed by atoms with van der Waals surface area (Å²) in [7, 11) is 1.17. The van der Waals surface area contributed by atoms with Crippen LogP contribution in [0, 0.1) is 0 Å². The molecular weight excluding hydrogens is 531 g/mol. The molecule has 0 N–H and O–H groups in total. The number of aromatic nitrogens is 7. The number of hydrogen-bond donors (Lipinski definition) is 0. The van der Waals surface area contributed by atoms with Crippen molar-refractivity contribution in [2.75, 3.05) is 13.7 Å². The Hall–Kier alpha value is -4.20. The van der Waals surface area contributed by atoms with Crippen LogP contribution in [0.2, 0.25) is 5.02 Å². The number of carbonyl (C=O) groups excluding carboxylic acids is 1. The highest BCUT2D eigenvalue weighted by molar-refractivity contribution is 6.30. The Bertz CT molecular complexity index is 1500. The number of hydrogen-bond acceptors (Lipinski definition) is 8. The molecule has 1 aromatic carbocycles. The van der Waals surface area contributed by atoms with E-state index < -0.39 is 30.8 Å². The zero-order valence-corrected chi connectivity index (χ0v) is 20.9. The molecule has 15 heteroatoms. The minimum absolute atomic E-state index is 0.00873. The van der Waals surface area contributed by atoms with Crippen molar-refractivity contribution in [3.63, 3.8) is 0 Å². The predicted molar refractivity (Wildman–Crippen MR) is 128 cm³/mol. The molecule has 38 heavy (non-hydrogen) atoms. The van der Waals surface area contributed by atoms with Crippen molar-refractivity contribution in [3.8, 4) is 23.0 Å². The molecule has 0 amide bonds. The molecule has 0 aliphatic heterocycles. The second-order valence-electron chi connectivity index (χ2n) is 7.80. The first-order valence-electron chi connectivity index (χ1n) is 11.2. The number of carbonyl (C=O) groups is 1. The number of rotatable bonds is 9. The molecule has 0 unspecified atom stereocenters. The van der Waals surface area contributed by atoms with Crippen LogP contribution in [-0.4, -0.2) is 60.0 Å². The summed E-state index contributed by atoms with van der Waals surface area (Å²) in [6.07, 6.45) is -4.23. The van der Waals surface area contributed by atoms with Gasteiger partial charge in [-0.05, 0) is 43.3 Å². The summed E-state index contributed by atoms with van der Waals surface area (Å²) >= 11 is 5.93. The number of esters is 1. The maximum absolute atomic E-state index is 13.1. The van der Waals surface area contributed by atoms with E-state index in [0.717, 1.165) is 13.9 Å². The fourth-order valence-corrected chi connectivity index (χ4v) is 3.66. The van der Waals surface area contributed by atoms with Gasteiger partial charge in [0.1, 0.15) is 12.2 Å². The van der Waals surface area contributed by atoms with Gasteiger partial charge in [0.2, 0.25) is 11.7 Å². The van der Waals surface area contributed by atoms with Crippen LogP contribution >= 0.6 is 11.6 Å². The third-order valence-corrected chi connectivity index (χ3v) is 5.47. The average Bonchev–Trinajstić information content (AvgIpc) is 3.44. The van der Waals surface area contributed by atoms with Crippen LogP contribution in [0.5, 0.6) is 5.88 Å². The van der Waals surface area contributed by atoms with Crippen LogP contribution < -0.4 is 10.4 Å². The first-order valence-corrected chi connectivity index (χ1v) is 11.6. The lowest BCUT2D eigenvalue weighted by Crippen LogP contribution is -2.27. The molecule has 0 aliphatic carbocycles. The molecular formula is C23H21ClF3N7O4. The normalized spacial score (nSPS) is 11.5. The summed E-state index contributed by atoms with van der Waals surface area (Å²) in [5.74, 6) is -0.884. The number of methoxy groups -OCH3 is 1. The van der Waals surface area contributed by atoms with E-state index in [-0.39, 0.29) is 36.5 Å². The van der Waals surface area contributed by atoms with Crippen LogP contribution in [0.15, 0.2) is 47.4 Å². The van der Waals surface area contributed by atoms with Gasteiger partial charge < -0.3 is 9.47 Å². The Labute approximate surface area is 218 Å². The van der Waals surface area contributed by atoms with E-state index >= 15 is 0 Å². The fraction of sp³-hybridized carbons (Fsp3) is 0.304. The number of ether oxygens (including phenoxy) is 2. The zero-order chi connectivity index (χ0) is 27.4. The van der Waals surface area contributed by atoms with Gasteiger partial charge in [-0.1, -0.05) is 11.6 Å². The maximum Gasteiger partial charge on any atom is 0.390 e. The highest BCUT2D eigenvalue weighted by Gasteiger charge is 2.29. The van der Waals surface area contributed by atoms with Gasteiger partial charge in [0, 0.05) is 23.3 Å². The highest BCUT2D eigenvalue weighted by Crippen LogP contribution is 2.24. The smallest absolute Gasteiger partial charge is 0.390 e. The topological polar surface area (TPSA) is 119 Å². The predicted octanol–water partition coefficient (Wildman–Crippen LogP) is 3.53. The van der Waals surface area contributed by atoms with E-state index in [1.54, 1.807) is 31.2 Å². The maximum atomic E-state index is 13.1. The summed E-state index contributed by atoms with van der Waals surface area (Å²) in [6, 6.07) is 9.34. The molecule has 0 bridgehead atoms. The van der Waals surface area contributed by atoms with Gasteiger partial charge in [0.25, 0.3) is 0 Å². The quantitative estimate of drug-likeness (QED) is 0.290. The molecule has 4 rings (SSSR count). The summed E-state index contributed by atoms with van der Waals surface area (Å²) < 4.78 is 52.3. The largest absolute Gasteiger partial charge is 0.476 e. The minimum Gasteiger partial charge on any atom is -0.476 e. The Kier molecular flexibility index (Phi) is 7.80. The van der Waals surface area contributed by atoms with Crippen LogP contribution in [0.1, 0.15) is 29.8 Å². The van der Waals surface area contributed by atoms with E-state index in [9.17, 15) is 22.8 Å². The summed E-state index contributed by atoms with van der Waals surface area (Å²) in [6.45, 7) is 1.05. The Morgan fingerprint density at radius 3 is 2.53 bits per heavy atom. The van der Waals surface area contributed by atoms with Crippen molar-refractivity contribution in [2.24, 2.45) is 0 Å². The third kappa shape index (κ3) is 5.85. The van der Waals surface area contributed by atoms with E-state index in [1.165, 1.54) is 25.4 Å². The first kappa shape index (κ1) is 26.9. The molecule has 0 radical (unpaired) electrons. The van der Waals surface area contributed by atoms with Gasteiger partial charge in [0.05, 0.1) is 20.1 Å². The van der Waals surface area contributed by atoms with Gasteiger partial charge in [-0.25, -0.2) is 28.9 Å². The standard InChI is InChI=1S/C23H21ClF3N7O4/c1-3-38-20-16(5-4-11-28-20)34-19(21(35)37-2)29-17(30-34)13-33-22(36)32(12-10-23(25,26)27)18(31-33)14-6-8-15(24)9-7-14/h4-9,11H,3,10,12-13H2,1-2H3. The Balaban J connectivity index is 1.77. The lowest BCUT2D eigenvalue weighted by Gasteiger charge is -2.09. The van der Waals surface area contributed by atoms with Crippen molar-refractivity contribution < 1.29 is 27.4 Å². The van der Waals surface area contributed by atoms with Crippen molar-refractivity contribution in [1.82, 2.24) is 34.1 Å². The molecule has 0 fully saturated rings. The summed E-state index contributed by atoms with van der Waals surface area (Å²) in [5, 5.41) is 8.97. The van der Waals surface area contributed by atoms with Crippen molar-refractivity contribution in [1.29, 1.82) is 0 Å². The number of alkyl halides is 3. The first-order chi connectivity index (χ1) is 18.1. The number of halogens is 4. The van der Waals surface area contributed by atoms with Crippen molar-refractivity contribution in [3.05, 3.63) is 69.8 Å². The number of nitrogens with zero attached hydrogens (tertiary/aromatic N) is 7. The second kappa shape index (κ2) is 11.0. The second-order valence-corrected chi connectivity index (χ2v) is 8.24. The van der Waals surface area contributed by atoms with Gasteiger partial charge >= 0.3 is 17.8 Å². The van der Waals surface area contributed by atoms with Crippen LogP contribution in [-0.2, 0) is 17.8 Å². The molecule has 3 heterocycles. The average molecular weight is 552 g/mol. The number of benzene rings is 1. The molecule has 0 aliphatic rings. The van der Waals surface area contributed by atoms with E-state index in [0.29, 0.717) is 16.3 Å². The van der Waals surface area contributed by atoms with Crippen molar-refractivity contribution >= 4 is 17.6 Å². The zero-order valence-electron chi connectivity index (χ0n) is 20.1. The Morgan fingerprint density at radius 1 is 1.13 bits per heavy atom. The molecule has 200 valence electrons. The third-order valence-electron chi connectivity index (χ3n) is 5.21. The molecule has 0 saturated carbocycles. The van der Waals surface area contributed by atoms with Gasteiger partial charge in [-0.2, -0.15) is 13.2 Å². The van der Waals surface area contributed by atoms with Gasteiger partial charge in [0.15, 0.2) is 11.6 Å². The molecule has 0 spiro atoms. The van der Waals surface area contributed by atoms with E-state index in [2.05, 4.69) is 20.2 Å². The van der Waals surface area contributed by atoms with E-state index in [1.807, 2.05) is 0 Å². The SMILES string of the molecule is CCOc1ncccc1-n1nc(Cn2nc(-c3ccc(Cl)cc3)n(CCC(F)(F)F)c2=O)nc1C(=O)OC. The Morgan fingerprint density at radius 2 is 1.87 bits per heavy atom. The number of pyridine rings is 1. The minimum atomic E-state index is -4.49. The molecule has 4 aromatic rings. The summed E-state index contributed by atoms with van der Waals surface area (Å²) in [5.41, 5.74) is -0.136. The van der Waals surface area contributed by atoms with Crippen LogP contribution in [0.25, 0.3) is 17.1 Å². The van der Waals surface area contributed by atoms with Gasteiger partial charge in [-0.3, -0.25) is 4.57 Å². The van der Waals surface area contributed by atoms with Gasteiger partial charge in [-0.15, -0.1) is 10.2 Å². The molecule has 0 saturated heterocycles. The van der Waals surface area contributed by atoms with E-state index in [4.69, 9.17) is 21.1 Å². The van der Waals surface area contributed by atoms with Crippen LogP contribution in [0.4, 0.5) is 13.2 Å². The lowest BCUT2D eigenvalue weighted by atomic mass is 10.2. The molecule has 0 atom stereocenters.